The summed E-state index contributed by atoms with van der Waals surface area (Å²) in [5, 5.41) is 2.84. The van der Waals surface area contributed by atoms with Crippen LogP contribution in [0.1, 0.15) is 21.7 Å². The molecule has 0 spiro atoms. The lowest BCUT2D eigenvalue weighted by atomic mass is 10.0. The summed E-state index contributed by atoms with van der Waals surface area (Å²) in [6, 6.07) is 11.0. The third-order valence-electron chi connectivity index (χ3n) is 4.43. The number of rotatable bonds is 6. The highest BCUT2D eigenvalue weighted by Gasteiger charge is 2.09. The predicted octanol–water partition coefficient (Wildman–Crippen LogP) is 2.36. The highest BCUT2D eigenvalue weighted by atomic mass is 16.5. The van der Waals surface area contributed by atoms with Crippen molar-refractivity contribution in [1.82, 2.24) is 19.9 Å². The highest BCUT2D eigenvalue weighted by Crippen LogP contribution is 2.28. The van der Waals surface area contributed by atoms with E-state index in [2.05, 4.69) is 15.3 Å². The second-order valence-corrected chi connectivity index (χ2v) is 6.38. The minimum absolute atomic E-state index is 0.195. The molecule has 3 rings (SSSR count). The zero-order valence-corrected chi connectivity index (χ0v) is 16.1. The van der Waals surface area contributed by atoms with E-state index < -0.39 is 0 Å². The van der Waals surface area contributed by atoms with Crippen LogP contribution in [0.2, 0.25) is 0 Å². The Morgan fingerprint density at radius 3 is 2.61 bits per heavy atom. The molecule has 0 atom stereocenters. The third-order valence-corrected chi connectivity index (χ3v) is 4.43. The van der Waals surface area contributed by atoms with Gasteiger partial charge in [-0.05, 0) is 43.7 Å². The van der Waals surface area contributed by atoms with Crippen LogP contribution < -0.4 is 15.7 Å². The van der Waals surface area contributed by atoms with Crippen molar-refractivity contribution in [2.24, 2.45) is 0 Å². The third kappa shape index (κ3) is 4.25. The number of carbonyl (C=O) groups excluding carboxylic acids is 1. The van der Waals surface area contributed by atoms with Crippen molar-refractivity contribution in [2.45, 2.75) is 20.4 Å². The van der Waals surface area contributed by atoms with Crippen molar-refractivity contribution in [2.75, 3.05) is 13.7 Å². The molecule has 0 fully saturated rings. The van der Waals surface area contributed by atoms with E-state index in [-0.39, 0.29) is 11.6 Å². The summed E-state index contributed by atoms with van der Waals surface area (Å²) in [7, 11) is 1.60. The van der Waals surface area contributed by atoms with E-state index >= 15 is 0 Å². The molecule has 2 heterocycles. The number of methoxy groups -OCH3 is 1. The van der Waals surface area contributed by atoms with E-state index in [1.807, 2.05) is 31.2 Å². The average molecular weight is 378 g/mol. The van der Waals surface area contributed by atoms with Gasteiger partial charge in [0, 0.05) is 41.8 Å². The summed E-state index contributed by atoms with van der Waals surface area (Å²) in [5.74, 6) is 0.478. The fourth-order valence-electron chi connectivity index (χ4n) is 3.01. The van der Waals surface area contributed by atoms with Crippen LogP contribution in [-0.4, -0.2) is 34.1 Å². The van der Waals surface area contributed by atoms with Crippen LogP contribution in [0, 0.1) is 13.8 Å². The predicted molar refractivity (Wildman–Crippen MR) is 107 cm³/mol. The molecule has 1 N–H and O–H groups in total. The molecule has 1 aromatic carbocycles. The van der Waals surface area contributed by atoms with Crippen molar-refractivity contribution < 1.29 is 9.53 Å². The summed E-state index contributed by atoms with van der Waals surface area (Å²) < 4.78 is 6.87. The second kappa shape index (κ2) is 8.47. The molecule has 0 aliphatic carbocycles. The molecule has 0 saturated heterocycles. The van der Waals surface area contributed by atoms with Crippen LogP contribution >= 0.6 is 0 Å². The van der Waals surface area contributed by atoms with Crippen LogP contribution in [0.3, 0.4) is 0 Å². The van der Waals surface area contributed by atoms with Crippen LogP contribution in [0.4, 0.5) is 0 Å². The SMILES string of the molecule is COc1cnccc1-c1ccc(C(=O)NCCn2c(C)cc(C)nc2=O)cc1. The summed E-state index contributed by atoms with van der Waals surface area (Å²) in [6.07, 6.45) is 3.35. The molecule has 3 aromatic rings. The number of carbonyl (C=O) groups is 1. The molecule has 0 aliphatic rings. The number of pyridine rings is 1. The normalized spacial score (nSPS) is 10.5. The van der Waals surface area contributed by atoms with Gasteiger partial charge < -0.3 is 10.1 Å². The number of nitrogens with one attached hydrogen (secondary N) is 1. The zero-order chi connectivity index (χ0) is 20.1. The van der Waals surface area contributed by atoms with Gasteiger partial charge in [-0.25, -0.2) is 4.79 Å². The number of aryl methyl sites for hydroxylation is 2. The summed E-state index contributed by atoms with van der Waals surface area (Å²) in [5.41, 5.74) is 3.59. The number of aromatic nitrogens is 3. The van der Waals surface area contributed by atoms with Crippen molar-refractivity contribution >= 4 is 5.91 Å². The average Bonchev–Trinajstić information content (AvgIpc) is 2.70. The molecule has 1 amide bonds. The molecular weight excluding hydrogens is 356 g/mol. The smallest absolute Gasteiger partial charge is 0.348 e. The van der Waals surface area contributed by atoms with Gasteiger partial charge in [-0.1, -0.05) is 12.1 Å². The van der Waals surface area contributed by atoms with Crippen LogP contribution in [0.15, 0.2) is 53.6 Å². The molecule has 0 unspecified atom stereocenters. The van der Waals surface area contributed by atoms with Crippen molar-refractivity contribution in [3.8, 4) is 16.9 Å². The minimum Gasteiger partial charge on any atom is -0.494 e. The van der Waals surface area contributed by atoms with E-state index in [1.165, 1.54) is 0 Å². The van der Waals surface area contributed by atoms with E-state index in [1.54, 1.807) is 43.1 Å². The Hall–Kier alpha value is -3.48. The number of hydrogen-bond donors (Lipinski definition) is 1. The van der Waals surface area contributed by atoms with Gasteiger partial charge in [0.25, 0.3) is 5.91 Å². The number of benzene rings is 1. The molecule has 28 heavy (non-hydrogen) atoms. The lowest BCUT2D eigenvalue weighted by Crippen LogP contribution is -2.33. The van der Waals surface area contributed by atoms with E-state index in [9.17, 15) is 9.59 Å². The van der Waals surface area contributed by atoms with Crippen LogP contribution in [-0.2, 0) is 6.54 Å². The Morgan fingerprint density at radius 2 is 1.93 bits per heavy atom. The highest BCUT2D eigenvalue weighted by molar-refractivity contribution is 5.94. The largest absolute Gasteiger partial charge is 0.494 e. The van der Waals surface area contributed by atoms with E-state index in [4.69, 9.17) is 4.74 Å². The Morgan fingerprint density at radius 1 is 1.18 bits per heavy atom. The van der Waals surface area contributed by atoms with Gasteiger partial charge in [0.15, 0.2) is 0 Å². The molecule has 0 aliphatic heterocycles. The molecule has 0 radical (unpaired) electrons. The van der Waals surface area contributed by atoms with Gasteiger partial charge in [0.05, 0.1) is 13.3 Å². The van der Waals surface area contributed by atoms with E-state index in [0.29, 0.717) is 30.1 Å². The first-order valence-electron chi connectivity index (χ1n) is 8.91. The number of ether oxygens (including phenoxy) is 1. The maximum Gasteiger partial charge on any atom is 0.348 e. The van der Waals surface area contributed by atoms with Gasteiger partial charge >= 0.3 is 5.69 Å². The Labute approximate surface area is 163 Å². The topological polar surface area (TPSA) is 86.1 Å². The molecule has 7 heteroatoms. The molecule has 7 nitrogen and oxygen atoms in total. The van der Waals surface area contributed by atoms with Gasteiger partial charge in [-0.15, -0.1) is 0 Å². The monoisotopic (exact) mass is 378 g/mol. The van der Waals surface area contributed by atoms with Gasteiger partial charge in [0.1, 0.15) is 5.75 Å². The molecular formula is C21H22N4O3. The quantitative estimate of drug-likeness (QED) is 0.712. The maximum atomic E-state index is 12.4. The van der Waals surface area contributed by atoms with E-state index in [0.717, 1.165) is 16.8 Å². The summed E-state index contributed by atoms with van der Waals surface area (Å²) >= 11 is 0. The van der Waals surface area contributed by atoms with Crippen molar-refractivity contribution in [3.63, 3.8) is 0 Å². The zero-order valence-electron chi connectivity index (χ0n) is 16.1. The number of amides is 1. The summed E-state index contributed by atoms with van der Waals surface area (Å²) in [6.45, 7) is 4.34. The minimum atomic E-state index is -0.303. The maximum absolute atomic E-state index is 12.4. The molecule has 144 valence electrons. The van der Waals surface area contributed by atoms with Gasteiger partial charge in [-0.3, -0.25) is 14.3 Å². The first-order valence-corrected chi connectivity index (χ1v) is 8.91. The lowest BCUT2D eigenvalue weighted by Gasteiger charge is -2.11. The lowest BCUT2D eigenvalue weighted by molar-refractivity contribution is 0.0952. The molecule has 2 aromatic heterocycles. The van der Waals surface area contributed by atoms with Gasteiger partial charge in [0.2, 0.25) is 0 Å². The number of hydrogen-bond acceptors (Lipinski definition) is 5. The second-order valence-electron chi connectivity index (χ2n) is 6.38. The van der Waals surface area contributed by atoms with Crippen molar-refractivity contribution in [1.29, 1.82) is 0 Å². The summed E-state index contributed by atoms with van der Waals surface area (Å²) in [4.78, 5) is 32.3. The van der Waals surface area contributed by atoms with Crippen LogP contribution in [0.5, 0.6) is 5.75 Å². The first-order chi connectivity index (χ1) is 13.5. The van der Waals surface area contributed by atoms with Gasteiger partial charge in [-0.2, -0.15) is 4.98 Å². The van der Waals surface area contributed by atoms with Crippen molar-refractivity contribution in [3.05, 3.63) is 76.2 Å². The fourth-order valence-corrected chi connectivity index (χ4v) is 3.01. The Kier molecular flexibility index (Phi) is 5.84. The fraction of sp³-hybridized carbons (Fsp3) is 0.238. The standard InChI is InChI=1S/C21H22N4O3/c1-14-12-15(2)25(21(27)24-14)11-10-23-20(26)17-6-4-16(5-7-17)18-8-9-22-13-19(18)28-3/h4-9,12-13H,10-11H2,1-3H3,(H,23,26). The molecule has 0 bridgehead atoms. The Bertz CT molecular complexity index is 1040. The molecule has 0 saturated carbocycles. The first kappa shape index (κ1) is 19.3. The van der Waals surface area contributed by atoms with Crippen LogP contribution in [0.25, 0.3) is 11.1 Å². The Balaban J connectivity index is 1.65. The number of nitrogens with zero attached hydrogens (tertiary/aromatic N) is 3.